The molecule has 0 atom stereocenters. The molecule has 1 saturated carbocycles. The van der Waals surface area contributed by atoms with Crippen molar-refractivity contribution in [3.05, 3.63) is 23.8 Å². The summed E-state index contributed by atoms with van der Waals surface area (Å²) in [6.45, 7) is 11.1. The molecule has 0 aromatic carbocycles. The van der Waals surface area contributed by atoms with Crippen LogP contribution in [-0.4, -0.2) is 31.3 Å². The summed E-state index contributed by atoms with van der Waals surface area (Å²) >= 11 is 0. The fourth-order valence-corrected chi connectivity index (χ4v) is 2.93. The minimum atomic E-state index is -0.967. The molecule has 3 nitrogen and oxygen atoms in total. The van der Waals surface area contributed by atoms with Gasteiger partial charge in [-0.15, -0.1) is 0 Å². The van der Waals surface area contributed by atoms with Gasteiger partial charge in [-0.2, -0.15) is 0 Å². The van der Waals surface area contributed by atoms with Crippen LogP contribution < -0.4 is 0 Å². The molecule has 0 spiro atoms. The quantitative estimate of drug-likeness (QED) is 0.566. The number of hydrogen-bond donors (Lipinski definition) is 0. The highest BCUT2D eigenvalue weighted by molar-refractivity contribution is 6.76. The normalized spacial score (nSPS) is 17.5. The Bertz CT molecular complexity index is 424. The van der Waals surface area contributed by atoms with Crippen LogP contribution in [0.4, 0.5) is 0 Å². The van der Waals surface area contributed by atoms with Gasteiger partial charge in [-0.3, -0.25) is 0 Å². The van der Waals surface area contributed by atoms with Gasteiger partial charge >= 0.3 is 0 Å². The molecular weight excluding hydrogens is 252 g/mol. The first kappa shape index (κ1) is 14.7. The maximum atomic E-state index is 5.78. The highest BCUT2D eigenvalue weighted by Crippen LogP contribution is 2.47. The van der Waals surface area contributed by atoms with E-state index >= 15 is 0 Å². The third-order valence-electron chi connectivity index (χ3n) is 3.87. The van der Waals surface area contributed by atoms with E-state index in [2.05, 4.69) is 36.5 Å². The van der Waals surface area contributed by atoms with E-state index in [1.807, 2.05) is 6.20 Å². The van der Waals surface area contributed by atoms with Crippen LogP contribution in [0.1, 0.15) is 31.0 Å². The first-order valence-corrected chi connectivity index (χ1v) is 11.0. The molecule has 1 aliphatic carbocycles. The third kappa shape index (κ3) is 4.39. The maximum absolute atomic E-state index is 5.78. The number of aromatic nitrogens is 2. The minimum absolute atomic E-state index is 0.316. The highest BCUT2D eigenvalue weighted by Gasteiger charge is 2.41. The van der Waals surface area contributed by atoms with E-state index in [0.717, 1.165) is 19.6 Å². The van der Waals surface area contributed by atoms with Crippen molar-refractivity contribution in [1.82, 2.24) is 9.97 Å². The molecule has 0 radical (unpaired) electrons. The summed E-state index contributed by atoms with van der Waals surface area (Å²) in [5.74, 6) is 0. The molecule has 0 amide bonds. The average molecular weight is 278 g/mol. The van der Waals surface area contributed by atoms with Crippen molar-refractivity contribution in [2.45, 2.75) is 57.3 Å². The number of hydrogen-bond acceptors (Lipinski definition) is 3. The Morgan fingerprint density at radius 2 is 2.00 bits per heavy atom. The van der Waals surface area contributed by atoms with Gasteiger partial charge in [-0.25, -0.2) is 9.97 Å². The third-order valence-corrected chi connectivity index (χ3v) is 5.58. The Labute approximate surface area is 117 Å². The summed E-state index contributed by atoms with van der Waals surface area (Å²) in [6, 6.07) is 1.24. The van der Waals surface area contributed by atoms with Crippen LogP contribution in [-0.2, 0) is 16.6 Å². The summed E-state index contributed by atoms with van der Waals surface area (Å²) in [4.78, 5) is 8.66. The zero-order valence-corrected chi connectivity index (χ0v) is 13.7. The summed E-state index contributed by atoms with van der Waals surface area (Å²) in [7, 11) is -0.967. The molecule has 0 saturated heterocycles. The van der Waals surface area contributed by atoms with Crippen molar-refractivity contribution in [1.29, 1.82) is 0 Å². The lowest BCUT2D eigenvalue weighted by molar-refractivity contribution is 0.149. The van der Waals surface area contributed by atoms with E-state index in [1.165, 1.54) is 30.1 Å². The van der Waals surface area contributed by atoms with E-state index in [-0.39, 0.29) is 0 Å². The molecule has 0 aliphatic heterocycles. The smallest absolute Gasteiger partial charge is 0.115 e. The number of nitrogens with zero attached hydrogens (tertiary/aromatic N) is 2. The van der Waals surface area contributed by atoms with Crippen LogP contribution in [0.15, 0.2) is 12.5 Å². The first-order chi connectivity index (χ1) is 8.91. The number of ether oxygens (including phenoxy) is 1. The van der Waals surface area contributed by atoms with Gasteiger partial charge in [0.05, 0.1) is 12.3 Å². The molecule has 0 unspecified atom stereocenters. The minimum Gasteiger partial charge on any atom is -0.381 e. The lowest BCUT2D eigenvalue weighted by Gasteiger charge is -2.16. The Kier molecular flexibility index (Phi) is 4.41. The lowest BCUT2D eigenvalue weighted by atomic mass is 9.99. The Morgan fingerprint density at radius 1 is 1.26 bits per heavy atom. The topological polar surface area (TPSA) is 35.0 Å². The Hall–Kier alpha value is -0.743. The molecule has 4 heteroatoms. The highest BCUT2D eigenvalue weighted by atomic mass is 28.3. The predicted octanol–water partition coefficient (Wildman–Crippen LogP) is 3.43. The molecule has 0 N–H and O–H groups in total. The van der Waals surface area contributed by atoms with Crippen LogP contribution in [0, 0.1) is 0 Å². The Morgan fingerprint density at radius 3 is 2.63 bits per heavy atom. The predicted molar refractivity (Wildman–Crippen MR) is 81.3 cm³/mol. The molecule has 1 aliphatic rings. The molecular formula is C15H26N2OSi. The fraction of sp³-hybridized carbons (Fsp3) is 0.733. The van der Waals surface area contributed by atoms with Gasteiger partial charge in [0.2, 0.25) is 0 Å². The van der Waals surface area contributed by atoms with E-state index in [0.29, 0.717) is 5.41 Å². The zero-order valence-electron chi connectivity index (χ0n) is 12.7. The van der Waals surface area contributed by atoms with E-state index < -0.39 is 8.07 Å². The van der Waals surface area contributed by atoms with Crippen LogP contribution in [0.2, 0.25) is 25.7 Å². The molecule has 19 heavy (non-hydrogen) atoms. The molecule has 1 fully saturated rings. The van der Waals surface area contributed by atoms with Gasteiger partial charge in [0.1, 0.15) is 6.33 Å². The van der Waals surface area contributed by atoms with Gasteiger partial charge in [-0.05, 0) is 30.9 Å². The second kappa shape index (κ2) is 5.71. The van der Waals surface area contributed by atoms with E-state index in [4.69, 9.17) is 4.74 Å². The fourth-order valence-electron chi connectivity index (χ4n) is 2.17. The summed E-state index contributed by atoms with van der Waals surface area (Å²) in [5, 5.41) is 0. The van der Waals surface area contributed by atoms with Crippen LogP contribution in [0.25, 0.3) is 0 Å². The molecule has 1 aromatic heterocycles. The SMILES string of the molecule is CC1(c2ncncc2CCOCC[Si](C)(C)C)CC1. The average Bonchev–Trinajstić information content (AvgIpc) is 3.07. The Balaban J connectivity index is 1.80. The van der Waals surface area contributed by atoms with Crippen molar-refractivity contribution < 1.29 is 4.74 Å². The molecule has 106 valence electrons. The zero-order chi connectivity index (χ0) is 13.9. The van der Waals surface area contributed by atoms with Gasteiger partial charge in [0.15, 0.2) is 0 Å². The number of rotatable bonds is 7. The second-order valence-electron chi connectivity index (χ2n) is 7.13. The van der Waals surface area contributed by atoms with Crippen molar-refractivity contribution in [2.24, 2.45) is 0 Å². The van der Waals surface area contributed by atoms with E-state index in [1.54, 1.807) is 6.33 Å². The van der Waals surface area contributed by atoms with Crippen molar-refractivity contribution >= 4 is 8.07 Å². The first-order valence-electron chi connectivity index (χ1n) is 7.28. The summed E-state index contributed by atoms with van der Waals surface area (Å²) < 4.78 is 5.78. The molecule has 1 heterocycles. The van der Waals surface area contributed by atoms with Gasteiger partial charge in [0, 0.05) is 26.3 Å². The lowest BCUT2D eigenvalue weighted by Crippen LogP contribution is -2.22. The van der Waals surface area contributed by atoms with Crippen molar-refractivity contribution in [3.63, 3.8) is 0 Å². The summed E-state index contributed by atoms with van der Waals surface area (Å²) in [5.41, 5.74) is 2.84. The molecule has 2 rings (SSSR count). The van der Waals surface area contributed by atoms with E-state index in [9.17, 15) is 0 Å². The maximum Gasteiger partial charge on any atom is 0.115 e. The molecule has 0 bridgehead atoms. The monoisotopic (exact) mass is 278 g/mol. The largest absolute Gasteiger partial charge is 0.381 e. The van der Waals surface area contributed by atoms with Gasteiger partial charge in [0.25, 0.3) is 0 Å². The van der Waals surface area contributed by atoms with Gasteiger partial charge < -0.3 is 4.74 Å². The van der Waals surface area contributed by atoms with Crippen molar-refractivity contribution in [3.8, 4) is 0 Å². The summed E-state index contributed by atoms with van der Waals surface area (Å²) in [6.07, 6.45) is 7.10. The second-order valence-corrected chi connectivity index (χ2v) is 12.8. The van der Waals surface area contributed by atoms with Gasteiger partial charge in [-0.1, -0.05) is 26.6 Å². The van der Waals surface area contributed by atoms with Crippen LogP contribution in [0.5, 0.6) is 0 Å². The van der Waals surface area contributed by atoms with Crippen LogP contribution >= 0.6 is 0 Å². The molecule has 1 aromatic rings. The van der Waals surface area contributed by atoms with Crippen molar-refractivity contribution in [2.75, 3.05) is 13.2 Å². The standard InChI is InChI=1S/C15H26N2OSi/c1-15(6-7-15)14-13(11-16-12-17-14)5-8-18-9-10-19(2,3)4/h11-12H,5-10H2,1-4H3. The van der Waals surface area contributed by atoms with Crippen LogP contribution in [0.3, 0.4) is 0 Å².